The molecule has 0 saturated heterocycles. The van der Waals surface area contributed by atoms with Gasteiger partial charge in [-0.2, -0.15) is 8.42 Å². The van der Waals surface area contributed by atoms with E-state index in [0.717, 1.165) is 24.3 Å². The predicted molar refractivity (Wildman–Crippen MR) is 120 cm³/mol. The second-order valence-corrected chi connectivity index (χ2v) is 8.71. The summed E-state index contributed by atoms with van der Waals surface area (Å²) in [4.78, 5) is 24.7. The Balaban J connectivity index is 1.75. The topological polar surface area (TPSA) is 116 Å². The molecular weight excluding hydrogens is 467 g/mol. The van der Waals surface area contributed by atoms with Crippen LogP contribution in [-0.4, -0.2) is 44.4 Å². The van der Waals surface area contributed by atoms with Crippen LogP contribution in [0.25, 0.3) is 0 Å². The maximum absolute atomic E-state index is 13.0. The van der Waals surface area contributed by atoms with Gasteiger partial charge in [0.2, 0.25) is 0 Å². The summed E-state index contributed by atoms with van der Waals surface area (Å²) in [6, 6.07) is 15.7. The van der Waals surface area contributed by atoms with Crippen molar-refractivity contribution in [2.75, 3.05) is 20.3 Å². The molecule has 0 aromatic heterocycles. The van der Waals surface area contributed by atoms with Crippen molar-refractivity contribution in [3.05, 3.63) is 99.9 Å². The fraction of sp³-hybridized carbons (Fsp3) is 0.174. The van der Waals surface area contributed by atoms with Gasteiger partial charge in [0.05, 0.1) is 11.5 Å². The molecule has 0 aliphatic heterocycles. The molecule has 3 aromatic carbocycles. The number of hydrogen-bond donors (Lipinski definition) is 0. The summed E-state index contributed by atoms with van der Waals surface area (Å²) in [5, 5.41) is 11.0. The molecule has 178 valence electrons. The van der Waals surface area contributed by atoms with E-state index in [0.29, 0.717) is 5.56 Å². The van der Waals surface area contributed by atoms with E-state index < -0.39 is 26.8 Å². The van der Waals surface area contributed by atoms with Gasteiger partial charge in [0, 0.05) is 37.9 Å². The second-order valence-electron chi connectivity index (χ2n) is 7.16. The van der Waals surface area contributed by atoms with E-state index in [4.69, 9.17) is 8.92 Å². The predicted octanol–water partition coefficient (Wildman–Crippen LogP) is 3.79. The van der Waals surface area contributed by atoms with Crippen molar-refractivity contribution >= 4 is 21.7 Å². The third-order valence-electron chi connectivity index (χ3n) is 4.76. The summed E-state index contributed by atoms with van der Waals surface area (Å²) >= 11 is 0. The first-order valence-electron chi connectivity index (χ1n) is 10.0. The van der Waals surface area contributed by atoms with Crippen LogP contribution in [0, 0.1) is 15.9 Å². The molecule has 0 heterocycles. The summed E-state index contributed by atoms with van der Waals surface area (Å²) in [5.41, 5.74) is 0.637. The highest BCUT2D eigenvalue weighted by Gasteiger charge is 2.20. The molecule has 3 rings (SSSR count). The first-order valence-corrected chi connectivity index (χ1v) is 11.4. The van der Waals surface area contributed by atoms with E-state index in [1.807, 2.05) is 0 Å². The van der Waals surface area contributed by atoms with Crippen molar-refractivity contribution < 1.29 is 31.4 Å². The SMILES string of the molecule is COCCN(Cc1ccc(OS(=O)(=O)c2ccc(F)cc2)cc1)C(=O)c1cccc([N+](=O)[O-])c1. The Morgan fingerprint density at radius 1 is 1.06 bits per heavy atom. The highest BCUT2D eigenvalue weighted by molar-refractivity contribution is 7.87. The molecule has 0 saturated carbocycles. The average molecular weight is 488 g/mol. The smallest absolute Gasteiger partial charge is 0.339 e. The maximum atomic E-state index is 13.0. The van der Waals surface area contributed by atoms with Crippen molar-refractivity contribution in [2.45, 2.75) is 11.4 Å². The third-order valence-corrected chi connectivity index (χ3v) is 6.02. The number of nitrogens with zero attached hydrogens (tertiary/aromatic N) is 2. The number of non-ortho nitro benzene ring substituents is 1. The van der Waals surface area contributed by atoms with Crippen molar-refractivity contribution in [1.82, 2.24) is 4.90 Å². The Bertz CT molecular complexity index is 1260. The number of hydrogen-bond acceptors (Lipinski definition) is 7. The Labute approximate surface area is 195 Å². The Kier molecular flexibility index (Phi) is 7.92. The quantitative estimate of drug-likeness (QED) is 0.242. The van der Waals surface area contributed by atoms with Gasteiger partial charge in [0.1, 0.15) is 16.5 Å². The van der Waals surface area contributed by atoms with Gasteiger partial charge < -0.3 is 13.8 Å². The first-order chi connectivity index (χ1) is 16.2. The van der Waals surface area contributed by atoms with E-state index in [1.165, 1.54) is 48.4 Å². The molecule has 0 bridgehead atoms. The molecule has 0 aliphatic carbocycles. The molecule has 1 amide bonds. The van der Waals surface area contributed by atoms with Crippen LogP contribution in [0.5, 0.6) is 5.75 Å². The highest BCUT2D eigenvalue weighted by atomic mass is 32.2. The van der Waals surface area contributed by atoms with Gasteiger partial charge in [0.25, 0.3) is 11.6 Å². The molecule has 11 heteroatoms. The minimum atomic E-state index is -4.14. The molecule has 9 nitrogen and oxygen atoms in total. The number of nitro groups is 1. The fourth-order valence-corrected chi connectivity index (χ4v) is 3.97. The summed E-state index contributed by atoms with van der Waals surface area (Å²) in [6.07, 6.45) is 0. The molecule has 0 radical (unpaired) electrons. The fourth-order valence-electron chi connectivity index (χ4n) is 3.04. The number of benzene rings is 3. The summed E-state index contributed by atoms with van der Waals surface area (Å²) in [6.45, 7) is 0.628. The van der Waals surface area contributed by atoms with Crippen LogP contribution in [0.2, 0.25) is 0 Å². The zero-order valence-corrected chi connectivity index (χ0v) is 18.9. The lowest BCUT2D eigenvalue weighted by Crippen LogP contribution is -2.33. The lowest BCUT2D eigenvalue weighted by molar-refractivity contribution is -0.384. The zero-order chi connectivity index (χ0) is 24.7. The van der Waals surface area contributed by atoms with E-state index in [2.05, 4.69) is 0 Å². The Hall–Kier alpha value is -3.83. The Morgan fingerprint density at radius 2 is 1.74 bits per heavy atom. The average Bonchev–Trinajstić information content (AvgIpc) is 2.82. The maximum Gasteiger partial charge on any atom is 0.339 e. The third kappa shape index (κ3) is 6.36. The molecule has 3 aromatic rings. The molecule has 0 N–H and O–H groups in total. The van der Waals surface area contributed by atoms with Crippen LogP contribution in [0.1, 0.15) is 15.9 Å². The number of amides is 1. The lowest BCUT2D eigenvalue weighted by Gasteiger charge is -2.22. The van der Waals surface area contributed by atoms with Gasteiger partial charge in [-0.1, -0.05) is 18.2 Å². The molecule has 0 atom stereocenters. The number of carbonyl (C=O) groups excluding carboxylic acids is 1. The summed E-state index contributed by atoms with van der Waals surface area (Å²) < 4.78 is 47.9. The van der Waals surface area contributed by atoms with Crippen molar-refractivity contribution in [1.29, 1.82) is 0 Å². The highest BCUT2D eigenvalue weighted by Crippen LogP contribution is 2.21. The van der Waals surface area contributed by atoms with Crippen LogP contribution in [-0.2, 0) is 21.4 Å². The number of methoxy groups -OCH3 is 1. The molecule has 0 spiro atoms. The lowest BCUT2D eigenvalue weighted by atomic mass is 10.1. The molecule has 34 heavy (non-hydrogen) atoms. The number of rotatable bonds is 10. The number of ether oxygens (including phenoxy) is 1. The summed E-state index contributed by atoms with van der Waals surface area (Å²) in [7, 11) is -2.65. The van der Waals surface area contributed by atoms with Crippen LogP contribution in [0.15, 0.2) is 77.7 Å². The zero-order valence-electron chi connectivity index (χ0n) is 18.1. The van der Waals surface area contributed by atoms with Gasteiger partial charge in [-0.3, -0.25) is 14.9 Å². The van der Waals surface area contributed by atoms with Crippen LogP contribution < -0.4 is 4.18 Å². The van der Waals surface area contributed by atoms with Crippen molar-refractivity contribution in [2.24, 2.45) is 0 Å². The first kappa shape index (κ1) is 24.8. The van der Waals surface area contributed by atoms with E-state index in [-0.39, 0.29) is 41.6 Å². The van der Waals surface area contributed by atoms with Crippen LogP contribution in [0.3, 0.4) is 0 Å². The molecular formula is C23H21FN2O7S. The van der Waals surface area contributed by atoms with E-state index in [1.54, 1.807) is 12.1 Å². The standard InChI is InChI=1S/C23H21FN2O7S/c1-32-14-13-25(23(27)18-3-2-4-20(15-18)26(28)29)16-17-5-9-21(10-6-17)33-34(30,31)22-11-7-19(24)8-12-22/h2-12,15H,13-14,16H2,1H3. The molecule has 0 unspecified atom stereocenters. The van der Waals surface area contributed by atoms with Gasteiger partial charge in [0.15, 0.2) is 0 Å². The minimum absolute atomic E-state index is 0.0431. The molecule has 0 fully saturated rings. The monoisotopic (exact) mass is 488 g/mol. The van der Waals surface area contributed by atoms with E-state index in [9.17, 15) is 27.7 Å². The summed E-state index contributed by atoms with van der Waals surface area (Å²) in [5.74, 6) is -0.942. The minimum Gasteiger partial charge on any atom is -0.383 e. The molecule has 0 aliphatic rings. The number of nitro benzene ring substituents is 1. The number of carbonyl (C=O) groups is 1. The van der Waals surface area contributed by atoms with Gasteiger partial charge in [-0.25, -0.2) is 4.39 Å². The largest absolute Gasteiger partial charge is 0.383 e. The van der Waals surface area contributed by atoms with Gasteiger partial charge in [-0.15, -0.1) is 0 Å². The van der Waals surface area contributed by atoms with Crippen LogP contribution >= 0.6 is 0 Å². The normalized spacial score (nSPS) is 11.1. The van der Waals surface area contributed by atoms with Gasteiger partial charge >= 0.3 is 10.1 Å². The van der Waals surface area contributed by atoms with Gasteiger partial charge in [-0.05, 0) is 48.0 Å². The number of halogens is 1. The van der Waals surface area contributed by atoms with E-state index >= 15 is 0 Å². The van der Waals surface area contributed by atoms with Crippen molar-refractivity contribution in [3.8, 4) is 5.75 Å². The Morgan fingerprint density at radius 3 is 2.35 bits per heavy atom. The second kappa shape index (κ2) is 10.9. The van der Waals surface area contributed by atoms with Crippen molar-refractivity contribution in [3.63, 3.8) is 0 Å². The van der Waals surface area contributed by atoms with Crippen LogP contribution in [0.4, 0.5) is 10.1 Å².